The van der Waals surface area contributed by atoms with Crippen LogP contribution < -0.4 is 16.0 Å². The van der Waals surface area contributed by atoms with Gasteiger partial charge in [-0.05, 0) is 12.3 Å². The molecular weight excluding hydrogens is 262 g/mol. The SMILES string of the molecule is CCNC(=O)CCNC(=O)NC(CC(=O)O)C(C)(C)C. The van der Waals surface area contributed by atoms with Gasteiger partial charge in [0.25, 0.3) is 0 Å². The van der Waals surface area contributed by atoms with E-state index in [-0.39, 0.29) is 30.7 Å². The lowest BCUT2D eigenvalue weighted by molar-refractivity contribution is -0.138. The smallest absolute Gasteiger partial charge is 0.315 e. The summed E-state index contributed by atoms with van der Waals surface area (Å²) in [5.74, 6) is -1.10. The molecule has 4 N–H and O–H groups in total. The Morgan fingerprint density at radius 1 is 1.15 bits per heavy atom. The van der Waals surface area contributed by atoms with Gasteiger partial charge in [-0.2, -0.15) is 0 Å². The highest BCUT2D eigenvalue weighted by molar-refractivity contribution is 5.78. The second-order valence-electron chi connectivity index (χ2n) is 5.62. The van der Waals surface area contributed by atoms with Gasteiger partial charge in [-0.1, -0.05) is 20.8 Å². The molecule has 0 aliphatic carbocycles. The molecule has 0 aliphatic rings. The molecular formula is C13H25N3O4. The van der Waals surface area contributed by atoms with Crippen LogP contribution in [-0.2, 0) is 9.59 Å². The fourth-order valence-electron chi connectivity index (χ4n) is 1.53. The summed E-state index contributed by atoms with van der Waals surface area (Å²) in [7, 11) is 0. The minimum absolute atomic E-state index is 0.134. The predicted molar refractivity (Wildman–Crippen MR) is 75.3 cm³/mol. The quantitative estimate of drug-likeness (QED) is 0.553. The normalized spacial score (nSPS) is 12.4. The number of carbonyl (C=O) groups excluding carboxylic acids is 2. The highest BCUT2D eigenvalue weighted by atomic mass is 16.4. The van der Waals surface area contributed by atoms with Crippen LogP contribution in [0, 0.1) is 5.41 Å². The van der Waals surface area contributed by atoms with Crippen molar-refractivity contribution >= 4 is 17.9 Å². The van der Waals surface area contributed by atoms with Gasteiger partial charge in [-0.3, -0.25) is 9.59 Å². The molecule has 0 heterocycles. The van der Waals surface area contributed by atoms with Gasteiger partial charge in [-0.25, -0.2) is 4.79 Å². The van der Waals surface area contributed by atoms with Crippen LogP contribution in [-0.4, -0.2) is 42.1 Å². The lowest BCUT2D eigenvalue weighted by Crippen LogP contribution is -2.49. The van der Waals surface area contributed by atoms with E-state index in [0.717, 1.165) is 0 Å². The Morgan fingerprint density at radius 2 is 1.75 bits per heavy atom. The number of hydrogen-bond donors (Lipinski definition) is 4. The second-order valence-corrected chi connectivity index (χ2v) is 5.62. The van der Waals surface area contributed by atoms with E-state index in [9.17, 15) is 14.4 Å². The highest BCUT2D eigenvalue weighted by Crippen LogP contribution is 2.21. The monoisotopic (exact) mass is 287 g/mol. The lowest BCUT2D eigenvalue weighted by atomic mass is 9.85. The Morgan fingerprint density at radius 3 is 2.20 bits per heavy atom. The fourth-order valence-corrected chi connectivity index (χ4v) is 1.53. The van der Waals surface area contributed by atoms with Crippen LogP contribution in [0.25, 0.3) is 0 Å². The first-order valence-electron chi connectivity index (χ1n) is 6.69. The standard InChI is InChI=1S/C13H25N3O4/c1-5-14-10(17)6-7-15-12(20)16-9(8-11(18)19)13(2,3)4/h9H,5-8H2,1-4H3,(H,14,17)(H,18,19)(H2,15,16,20). The molecule has 0 saturated carbocycles. The van der Waals surface area contributed by atoms with Crippen molar-refractivity contribution in [3.63, 3.8) is 0 Å². The van der Waals surface area contributed by atoms with E-state index in [1.807, 2.05) is 27.7 Å². The molecule has 7 nitrogen and oxygen atoms in total. The summed E-state index contributed by atoms with van der Waals surface area (Å²) in [4.78, 5) is 33.7. The van der Waals surface area contributed by atoms with Crippen LogP contribution in [0.2, 0.25) is 0 Å². The Labute approximate surface area is 119 Å². The summed E-state index contributed by atoms with van der Waals surface area (Å²) in [5.41, 5.74) is -0.366. The van der Waals surface area contributed by atoms with Gasteiger partial charge in [0.1, 0.15) is 0 Å². The van der Waals surface area contributed by atoms with Gasteiger partial charge in [0.2, 0.25) is 5.91 Å². The van der Waals surface area contributed by atoms with E-state index in [2.05, 4.69) is 16.0 Å². The summed E-state index contributed by atoms with van der Waals surface area (Å²) < 4.78 is 0. The summed E-state index contributed by atoms with van der Waals surface area (Å²) in [5, 5.41) is 16.6. The number of rotatable bonds is 7. The van der Waals surface area contributed by atoms with Crippen molar-refractivity contribution in [1.29, 1.82) is 0 Å². The Hall–Kier alpha value is -1.79. The summed E-state index contributed by atoms with van der Waals surface area (Å²) in [6, 6.07) is -0.944. The van der Waals surface area contributed by atoms with Crippen molar-refractivity contribution < 1.29 is 19.5 Å². The van der Waals surface area contributed by atoms with E-state index in [1.165, 1.54) is 0 Å². The number of amides is 3. The first-order chi connectivity index (χ1) is 9.16. The highest BCUT2D eigenvalue weighted by Gasteiger charge is 2.28. The third-order valence-corrected chi connectivity index (χ3v) is 2.74. The molecule has 0 spiro atoms. The minimum Gasteiger partial charge on any atom is -0.481 e. The maximum absolute atomic E-state index is 11.7. The maximum atomic E-state index is 11.7. The molecule has 0 rings (SSSR count). The number of carboxylic acids is 1. The molecule has 0 aromatic carbocycles. The average molecular weight is 287 g/mol. The number of carboxylic acid groups (broad SMARTS) is 1. The topological polar surface area (TPSA) is 108 Å². The van der Waals surface area contributed by atoms with Crippen LogP contribution in [0.3, 0.4) is 0 Å². The first-order valence-corrected chi connectivity index (χ1v) is 6.69. The molecule has 0 aliphatic heterocycles. The maximum Gasteiger partial charge on any atom is 0.315 e. The zero-order valence-electron chi connectivity index (χ0n) is 12.6. The van der Waals surface area contributed by atoms with Crippen LogP contribution in [0.4, 0.5) is 4.79 Å². The Bertz CT molecular complexity index is 350. The number of carbonyl (C=O) groups is 3. The third kappa shape index (κ3) is 8.34. The van der Waals surface area contributed by atoms with E-state index in [1.54, 1.807) is 0 Å². The first kappa shape index (κ1) is 18.2. The van der Waals surface area contributed by atoms with Crippen molar-refractivity contribution in [3.8, 4) is 0 Å². The van der Waals surface area contributed by atoms with Crippen LogP contribution in [0.1, 0.15) is 40.5 Å². The van der Waals surface area contributed by atoms with Gasteiger partial charge in [0.05, 0.1) is 6.42 Å². The van der Waals surface area contributed by atoms with Gasteiger partial charge in [0.15, 0.2) is 0 Å². The van der Waals surface area contributed by atoms with Crippen molar-refractivity contribution in [2.24, 2.45) is 5.41 Å². The predicted octanol–water partition coefficient (Wildman–Crippen LogP) is 0.701. The molecule has 20 heavy (non-hydrogen) atoms. The zero-order valence-corrected chi connectivity index (χ0v) is 12.6. The summed E-state index contributed by atoms with van der Waals surface area (Å²) >= 11 is 0. The molecule has 0 fully saturated rings. The largest absolute Gasteiger partial charge is 0.481 e. The zero-order chi connectivity index (χ0) is 15.8. The van der Waals surface area contributed by atoms with Crippen molar-refractivity contribution in [1.82, 2.24) is 16.0 Å². The number of hydrogen-bond acceptors (Lipinski definition) is 3. The van der Waals surface area contributed by atoms with Crippen LogP contribution >= 0.6 is 0 Å². The molecule has 0 bridgehead atoms. The fraction of sp³-hybridized carbons (Fsp3) is 0.769. The van der Waals surface area contributed by atoms with Gasteiger partial charge >= 0.3 is 12.0 Å². The van der Waals surface area contributed by atoms with Crippen LogP contribution in [0.15, 0.2) is 0 Å². The number of urea groups is 1. The molecule has 3 amide bonds. The van der Waals surface area contributed by atoms with Gasteiger partial charge < -0.3 is 21.1 Å². The average Bonchev–Trinajstić information content (AvgIpc) is 2.26. The molecule has 0 radical (unpaired) electrons. The molecule has 116 valence electrons. The van der Waals surface area contributed by atoms with Crippen molar-refractivity contribution in [3.05, 3.63) is 0 Å². The van der Waals surface area contributed by atoms with E-state index in [0.29, 0.717) is 6.54 Å². The van der Waals surface area contributed by atoms with E-state index < -0.39 is 18.0 Å². The lowest BCUT2D eigenvalue weighted by Gasteiger charge is -2.30. The molecule has 0 saturated heterocycles. The minimum atomic E-state index is -0.965. The summed E-state index contributed by atoms with van der Waals surface area (Å²) in [6.07, 6.45) is 0.0492. The van der Waals surface area contributed by atoms with Crippen molar-refractivity contribution in [2.75, 3.05) is 13.1 Å². The summed E-state index contributed by atoms with van der Waals surface area (Å²) in [6.45, 7) is 8.15. The second kappa shape index (κ2) is 8.39. The van der Waals surface area contributed by atoms with Crippen molar-refractivity contribution in [2.45, 2.75) is 46.6 Å². The molecule has 7 heteroatoms. The Balaban J connectivity index is 4.20. The van der Waals surface area contributed by atoms with E-state index >= 15 is 0 Å². The van der Waals surface area contributed by atoms with E-state index in [4.69, 9.17) is 5.11 Å². The van der Waals surface area contributed by atoms with Gasteiger partial charge in [-0.15, -0.1) is 0 Å². The molecule has 1 unspecified atom stereocenters. The Kier molecular flexibility index (Phi) is 7.64. The number of aliphatic carboxylic acids is 1. The molecule has 0 aromatic rings. The molecule has 1 atom stereocenters. The third-order valence-electron chi connectivity index (χ3n) is 2.74. The van der Waals surface area contributed by atoms with Gasteiger partial charge in [0, 0.05) is 25.6 Å². The van der Waals surface area contributed by atoms with Crippen LogP contribution in [0.5, 0.6) is 0 Å². The number of nitrogens with one attached hydrogen (secondary N) is 3. The molecule has 0 aromatic heterocycles.